The molecule has 0 aliphatic carbocycles. The zero-order chi connectivity index (χ0) is 13.8. The summed E-state index contributed by atoms with van der Waals surface area (Å²) in [4.78, 5) is 0. The summed E-state index contributed by atoms with van der Waals surface area (Å²) in [6.45, 7) is 3.70. The number of ether oxygens (including phenoxy) is 2. The first-order valence-corrected chi connectivity index (χ1v) is 8.35. The molecular formula is C16H22BrNO2. The Bertz CT molecular complexity index is 446. The van der Waals surface area contributed by atoms with Crippen molar-refractivity contribution >= 4 is 15.9 Å². The molecule has 20 heavy (non-hydrogen) atoms. The predicted octanol–water partition coefficient (Wildman–Crippen LogP) is 3.68. The first-order valence-electron chi connectivity index (χ1n) is 7.56. The van der Waals surface area contributed by atoms with Crippen LogP contribution in [0.2, 0.25) is 0 Å². The molecule has 3 rings (SSSR count). The van der Waals surface area contributed by atoms with Crippen LogP contribution in [0.3, 0.4) is 0 Å². The smallest absolute Gasteiger partial charge is 0.125 e. The van der Waals surface area contributed by atoms with E-state index in [1.165, 1.54) is 18.4 Å². The summed E-state index contributed by atoms with van der Waals surface area (Å²) in [5.41, 5.74) is 1.29. The summed E-state index contributed by atoms with van der Waals surface area (Å²) in [5, 5.41) is 3.73. The minimum absolute atomic E-state index is 0.405. The summed E-state index contributed by atoms with van der Waals surface area (Å²) in [5.74, 6) is 1.68. The van der Waals surface area contributed by atoms with Gasteiger partial charge in [-0.05, 0) is 43.7 Å². The van der Waals surface area contributed by atoms with E-state index in [1.807, 2.05) is 0 Å². The highest BCUT2D eigenvalue weighted by Crippen LogP contribution is 2.33. The normalized spacial score (nSPS) is 26.4. The van der Waals surface area contributed by atoms with Gasteiger partial charge in [-0.2, -0.15) is 0 Å². The van der Waals surface area contributed by atoms with Crippen molar-refractivity contribution in [1.82, 2.24) is 5.32 Å². The Balaban J connectivity index is 1.66. The maximum Gasteiger partial charge on any atom is 0.125 e. The second-order valence-corrected chi connectivity index (χ2v) is 6.63. The summed E-state index contributed by atoms with van der Waals surface area (Å²) < 4.78 is 12.5. The van der Waals surface area contributed by atoms with Crippen molar-refractivity contribution < 1.29 is 9.47 Å². The highest BCUT2D eigenvalue weighted by Gasteiger charge is 2.21. The Kier molecular flexibility index (Phi) is 4.97. The molecule has 110 valence electrons. The zero-order valence-electron chi connectivity index (χ0n) is 11.7. The molecule has 0 spiro atoms. The molecule has 2 unspecified atom stereocenters. The van der Waals surface area contributed by atoms with Crippen LogP contribution in [0.4, 0.5) is 0 Å². The van der Waals surface area contributed by atoms with Crippen LogP contribution >= 0.6 is 15.9 Å². The average Bonchev–Trinajstić information content (AvgIpc) is 2.68. The van der Waals surface area contributed by atoms with Crippen molar-refractivity contribution in [3.05, 3.63) is 28.2 Å². The van der Waals surface area contributed by atoms with Crippen molar-refractivity contribution in [3.8, 4) is 5.75 Å². The number of benzene rings is 1. The lowest BCUT2D eigenvalue weighted by Crippen LogP contribution is -2.31. The number of halogens is 1. The van der Waals surface area contributed by atoms with Gasteiger partial charge in [-0.15, -0.1) is 0 Å². The number of hydrogen-bond acceptors (Lipinski definition) is 3. The van der Waals surface area contributed by atoms with Gasteiger partial charge in [0.25, 0.3) is 0 Å². The van der Waals surface area contributed by atoms with Crippen LogP contribution < -0.4 is 10.1 Å². The fourth-order valence-electron chi connectivity index (χ4n) is 3.04. The minimum Gasteiger partial charge on any atom is -0.493 e. The molecule has 0 bridgehead atoms. The van der Waals surface area contributed by atoms with E-state index < -0.39 is 0 Å². The Labute approximate surface area is 129 Å². The molecular weight excluding hydrogens is 318 g/mol. The Hall–Kier alpha value is -0.580. The van der Waals surface area contributed by atoms with Gasteiger partial charge in [-0.25, -0.2) is 0 Å². The largest absolute Gasteiger partial charge is 0.493 e. The topological polar surface area (TPSA) is 30.5 Å². The third-order valence-electron chi connectivity index (χ3n) is 4.15. The SMILES string of the molecule is Brc1ccc2c(c1)OCCCC2NCC1CCCOC1. The van der Waals surface area contributed by atoms with E-state index in [9.17, 15) is 0 Å². The predicted molar refractivity (Wildman–Crippen MR) is 83.2 cm³/mol. The highest BCUT2D eigenvalue weighted by molar-refractivity contribution is 9.10. The van der Waals surface area contributed by atoms with Crippen LogP contribution in [0.25, 0.3) is 0 Å². The van der Waals surface area contributed by atoms with Crippen molar-refractivity contribution in [1.29, 1.82) is 0 Å². The molecule has 4 heteroatoms. The van der Waals surface area contributed by atoms with Gasteiger partial charge in [0.05, 0.1) is 13.2 Å². The van der Waals surface area contributed by atoms with Crippen LogP contribution in [0.5, 0.6) is 5.75 Å². The number of nitrogens with one attached hydrogen (secondary N) is 1. The fourth-order valence-corrected chi connectivity index (χ4v) is 3.38. The third-order valence-corrected chi connectivity index (χ3v) is 4.65. The zero-order valence-corrected chi connectivity index (χ0v) is 13.3. The Morgan fingerprint density at radius 2 is 2.10 bits per heavy atom. The van der Waals surface area contributed by atoms with Gasteiger partial charge in [-0.1, -0.05) is 22.0 Å². The first-order chi connectivity index (χ1) is 9.83. The van der Waals surface area contributed by atoms with Crippen LogP contribution in [0.15, 0.2) is 22.7 Å². The van der Waals surface area contributed by atoms with Crippen molar-refractivity contribution in [2.75, 3.05) is 26.4 Å². The molecule has 0 radical (unpaired) electrons. The molecule has 2 aliphatic heterocycles. The lowest BCUT2D eigenvalue weighted by Gasteiger charge is -2.25. The molecule has 2 atom stereocenters. The van der Waals surface area contributed by atoms with Gasteiger partial charge in [0.15, 0.2) is 0 Å². The summed E-state index contributed by atoms with van der Waals surface area (Å²) >= 11 is 3.52. The van der Waals surface area contributed by atoms with E-state index in [4.69, 9.17) is 9.47 Å². The molecule has 1 fully saturated rings. The van der Waals surface area contributed by atoms with Gasteiger partial charge in [0.1, 0.15) is 5.75 Å². The van der Waals surface area contributed by atoms with Crippen molar-refractivity contribution in [2.24, 2.45) is 5.92 Å². The molecule has 1 saturated heterocycles. The highest BCUT2D eigenvalue weighted by atomic mass is 79.9. The lowest BCUT2D eigenvalue weighted by molar-refractivity contribution is 0.0537. The van der Waals surface area contributed by atoms with Gasteiger partial charge < -0.3 is 14.8 Å². The monoisotopic (exact) mass is 339 g/mol. The maximum atomic E-state index is 5.86. The summed E-state index contributed by atoms with van der Waals surface area (Å²) in [6, 6.07) is 6.77. The van der Waals surface area contributed by atoms with E-state index in [1.54, 1.807) is 0 Å². The van der Waals surface area contributed by atoms with Gasteiger partial charge >= 0.3 is 0 Å². The van der Waals surface area contributed by atoms with E-state index in [0.29, 0.717) is 12.0 Å². The maximum absolute atomic E-state index is 5.86. The van der Waals surface area contributed by atoms with Crippen molar-refractivity contribution in [2.45, 2.75) is 31.7 Å². The van der Waals surface area contributed by atoms with E-state index in [-0.39, 0.29) is 0 Å². The van der Waals surface area contributed by atoms with Gasteiger partial charge in [0, 0.05) is 29.2 Å². The van der Waals surface area contributed by atoms with Gasteiger partial charge in [0.2, 0.25) is 0 Å². The van der Waals surface area contributed by atoms with Crippen LogP contribution in [-0.4, -0.2) is 26.4 Å². The fraction of sp³-hybridized carbons (Fsp3) is 0.625. The lowest BCUT2D eigenvalue weighted by atomic mass is 9.98. The first kappa shape index (κ1) is 14.4. The molecule has 2 heterocycles. The quantitative estimate of drug-likeness (QED) is 0.911. The summed E-state index contributed by atoms with van der Waals surface area (Å²) in [7, 11) is 0. The van der Waals surface area contributed by atoms with Gasteiger partial charge in [-0.3, -0.25) is 0 Å². The number of hydrogen-bond donors (Lipinski definition) is 1. The third kappa shape index (κ3) is 3.54. The minimum atomic E-state index is 0.405. The van der Waals surface area contributed by atoms with Crippen LogP contribution in [0.1, 0.15) is 37.3 Å². The van der Waals surface area contributed by atoms with E-state index in [0.717, 1.165) is 49.4 Å². The van der Waals surface area contributed by atoms with E-state index >= 15 is 0 Å². The number of fused-ring (bicyclic) bond motifs is 1. The molecule has 1 N–H and O–H groups in total. The molecule has 3 nitrogen and oxygen atoms in total. The molecule has 2 aliphatic rings. The molecule has 1 aromatic rings. The number of rotatable bonds is 3. The standard InChI is InChI=1S/C16H22BrNO2/c17-13-5-6-14-15(4-2-8-20-16(14)9-13)18-10-12-3-1-7-19-11-12/h5-6,9,12,15,18H,1-4,7-8,10-11H2. The average molecular weight is 340 g/mol. The molecule has 0 aromatic heterocycles. The van der Waals surface area contributed by atoms with E-state index in [2.05, 4.69) is 39.4 Å². The molecule has 0 amide bonds. The Morgan fingerprint density at radius 1 is 1.20 bits per heavy atom. The van der Waals surface area contributed by atoms with Crippen molar-refractivity contribution in [3.63, 3.8) is 0 Å². The molecule has 0 saturated carbocycles. The summed E-state index contributed by atoms with van der Waals surface area (Å²) in [6.07, 6.45) is 4.72. The second-order valence-electron chi connectivity index (χ2n) is 5.72. The Morgan fingerprint density at radius 3 is 2.95 bits per heavy atom. The van der Waals surface area contributed by atoms with Crippen LogP contribution in [0, 0.1) is 5.92 Å². The second kappa shape index (κ2) is 6.92. The molecule has 1 aromatic carbocycles. The van der Waals surface area contributed by atoms with Crippen LogP contribution in [-0.2, 0) is 4.74 Å².